The summed E-state index contributed by atoms with van der Waals surface area (Å²) >= 11 is 0. The molecule has 15 heavy (non-hydrogen) atoms. The average Bonchev–Trinajstić information content (AvgIpc) is 2.90. The molecule has 1 spiro atoms. The lowest BCUT2D eigenvalue weighted by Gasteiger charge is -2.23. The zero-order valence-corrected chi connectivity index (χ0v) is 8.56. The van der Waals surface area contributed by atoms with Crippen molar-refractivity contribution >= 4 is 5.91 Å². The fourth-order valence-electron chi connectivity index (χ4n) is 2.50. The molecule has 1 atom stereocenters. The van der Waals surface area contributed by atoms with Gasteiger partial charge >= 0.3 is 0 Å². The van der Waals surface area contributed by atoms with E-state index in [1.54, 1.807) is 0 Å². The Morgan fingerprint density at radius 1 is 1.47 bits per heavy atom. The summed E-state index contributed by atoms with van der Waals surface area (Å²) in [6, 6.07) is 0. The summed E-state index contributed by atoms with van der Waals surface area (Å²) < 4.78 is 23.8. The first-order valence-electron chi connectivity index (χ1n) is 5.41. The number of hydrogen-bond donors (Lipinski definition) is 2. The molecule has 0 aromatic rings. The zero-order valence-electron chi connectivity index (χ0n) is 8.56. The minimum Gasteiger partial charge on any atom is -0.350 e. The number of amides is 1. The highest BCUT2D eigenvalue weighted by Gasteiger charge is 2.57. The van der Waals surface area contributed by atoms with Crippen LogP contribution in [-0.2, 0) is 4.79 Å². The van der Waals surface area contributed by atoms with Gasteiger partial charge in [0.15, 0.2) is 0 Å². The van der Waals surface area contributed by atoms with Gasteiger partial charge in [0.2, 0.25) is 5.91 Å². The Hall–Kier alpha value is -0.710. The molecule has 2 aliphatic rings. The van der Waals surface area contributed by atoms with E-state index in [4.69, 9.17) is 0 Å². The van der Waals surface area contributed by atoms with Gasteiger partial charge in [0, 0.05) is 5.92 Å². The van der Waals surface area contributed by atoms with Crippen LogP contribution in [0.4, 0.5) is 8.78 Å². The Bertz CT molecular complexity index is 252. The number of piperidine rings is 1. The molecule has 5 heteroatoms. The lowest BCUT2D eigenvalue weighted by atomic mass is 9.92. The summed E-state index contributed by atoms with van der Waals surface area (Å²) in [6.07, 6.45) is 0.431. The molecule has 0 radical (unpaired) electrons. The van der Waals surface area contributed by atoms with Gasteiger partial charge in [0.05, 0.1) is 6.54 Å². The number of rotatable bonds is 3. The van der Waals surface area contributed by atoms with Crippen molar-refractivity contribution in [3.05, 3.63) is 0 Å². The van der Waals surface area contributed by atoms with Crippen LogP contribution >= 0.6 is 0 Å². The van der Waals surface area contributed by atoms with E-state index >= 15 is 0 Å². The molecular formula is C10H16F2N2O. The lowest BCUT2D eigenvalue weighted by Crippen LogP contribution is -2.35. The highest BCUT2D eigenvalue weighted by atomic mass is 19.3. The van der Waals surface area contributed by atoms with Gasteiger partial charge in [-0.05, 0) is 37.8 Å². The van der Waals surface area contributed by atoms with E-state index in [1.807, 2.05) is 0 Å². The molecule has 0 bridgehead atoms. The van der Waals surface area contributed by atoms with Crippen molar-refractivity contribution in [3.63, 3.8) is 0 Å². The molecule has 1 aliphatic heterocycles. The molecule has 2 rings (SSSR count). The fourth-order valence-corrected chi connectivity index (χ4v) is 2.50. The third-order valence-electron chi connectivity index (χ3n) is 3.54. The maximum Gasteiger partial charge on any atom is 0.255 e. The molecule has 1 amide bonds. The Labute approximate surface area is 87.6 Å². The number of nitrogens with one attached hydrogen (secondary N) is 2. The van der Waals surface area contributed by atoms with Crippen LogP contribution in [0.2, 0.25) is 0 Å². The third-order valence-corrected chi connectivity index (χ3v) is 3.54. The zero-order chi connectivity index (χ0) is 10.9. The number of carbonyl (C=O) groups excluding carboxylic acids is 1. The third kappa shape index (κ3) is 2.27. The van der Waals surface area contributed by atoms with Crippen LogP contribution in [-0.4, -0.2) is 32.0 Å². The Kier molecular flexibility index (Phi) is 2.91. The SMILES string of the molecule is O=C(NCC(F)F)C1CC12CCNCC2. The smallest absolute Gasteiger partial charge is 0.255 e. The van der Waals surface area contributed by atoms with Gasteiger partial charge in [-0.1, -0.05) is 0 Å². The second-order valence-corrected chi connectivity index (χ2v) is 4.51. The van der Waals surface area contributed by atoms with Crippen molar-refractivity contribution in [2.75, 3.05) is 19.6 Å². The molecule has 0 aromatic heterocycles. The number of hydrogen-bond acceptors (Lipinski definition) is 2. The van der Waals surface area contributed by atoms with Crippen LogP contribution in [0, 0.1) is 11.3 Å². The van der Waals surface area contributed by atoms with E-state index in [9.17, 15) is 13.6 Å². The van der Waals surface area contributed by atoms with E-state index in [0.717, 1.165) is 32.4 Å². The van der Waals surface area contributed by atoms with Crippen LogP contribution < -0.4 is 10.6 Å². The van der Waals surface area contributed by atoms with Gasteiger partial charge in [-0.15, -0.1) is 0 Å². The second kappa shape index (κ2) is 4.04. The largest absolute Gasteiger partial charge is 0.350 e. The first-order chi connectivity index (χ1) is 7.14. The maximum absolute atomic E-state index is 11.9. The minimum absolute atomic E-state index is 0.0154. The van der Waals surface area contributed by atoms with Crippen molar-refractivity contribution in [2.45, 2.75) is 25.7 Å². The monoisotopic (exact) mass is 218 g/mol. The molecule has 2 fully saturated rings. The number of carbonyl (C=O) groups is 1. The fraction of sp³-hybridized carbons (Fsp3) is 0.900. The predicted octanol–water partition coefficient (Wildman–Crippen LogP) is 0.757. The van der Waals surface area contributed by atoms with Gasteiger partial charge < -0.3 is 10.6 Å². The van der Waals surface area contributed by atoms with Crippen LogP contribution in [0.15, 0.2) is 0 Å². The van der Waals surface area contributed by atoms with E-state index < -0.39 is 13.0 Å². The Morgan fingerprint density at radius 2 is 2.13 bits per heavy atom. The highest BCUT2D eigenvalue weighted by molar-refractivity contribution is 5.82. The summed E-state index contributed by atoms with van der Waals surface area (Å²) in [7, 11) is 0. The topological polar surface area (TPSA) is 41.1 Å². The molecule has 86 valence electrons. The predicted molar refractivity (Wildman–Crippen MR) is 51.7 cm³/mol. The number of alkyl halides is 2. The highest BCUT2D eigenvalue weighted by Crippen LogP contribution is 2.58. The minimum atomic E-state index is -2.45. The van der Waals surface area contributed by atoms with Crippen molar-refractivity contribution < 1.29 is 13.6 Å². The van der Waals surface area contributed by atoms with Gasteiger partial charge in [-0.2, -0.15) is 0 Å². The molecule has 1 unspecified atom stereocenters. The van der Waals surface area contributed by atoms with E-state index in [0.29, 0.717) is 0 Å². The van der Waals surface area contributed by atoms with Crippen molar-refractivity contribution in [3.8, 4) is 0 Å². The van der Waals surface area contributed by atoms with Gasteiger partial charge in [-0.3, -0.25) is 4.79 Å². The average molecular weight is 218 g/mol. The normalized spacial score (nSPS) is 28.1. The summed E-state index contributed by atoms with van der Waals surface area (Å²) in [5, 5.41) is 5.54. The van der Waals surface area contributed by atoms with Crippen LogP contribution in [0.25, 0.3) is 0 Å². The summed E-state index contributed by atoms with van der Waals surface area (Å²) in [6.45, 7) is 1.38. The van der Waals surface area contributed by atoms with Crippen LogP contribution in [0.1, 0.15) is 19.3 Å². The molecular weight excluding hydrogens is 202 g/mol. The van der Waals surface area contributed by atoms with Crippen molar-refractivity contribution in [2.24, 2.45) is 11.3 Å². The summed E-state index contributed by atoms with van der Waals surface area (Å²) in [5.41, 5.74) is 0.136. The van der Waals surface area contributed by atoms with E-state index in [-0.39, 0.29) is 17.2 Å². The molecule has 3 nitrogen and oxygen atoms in total. The summed E-state index contributed by atoms with van der Waals surface area (Å²) in [4.78, 5) is 11.5. The first kappa shape index (κ1) is 10.8. The molecule has 1 saturated carbocycles. The number of halogens is 2. The quantitative estimate of drug-likeness (QED) is 0.734. The van der Waals surface area contributed by atoms with Crippen LogP contribution in [0.3, 0.4) is 0 Å². The van der Waals surface area contributed by atoms with Crippen LogP contribution in [0.5, 0.6) is 0 Å². The molecule has 1 saturated heterocycles. The molecule has 1 aliphatic carbocycles. The van der Waals surface area contributed by atoms with Crippen molar-refractivity contribution in [1.82, 2.24) is 10.6 Å². The van der Waals surface area contributed by atoms with Gasteiger partial charge in [-0.25, -0.2) is 8.78 Å². The van der Waals surface area contributed by atoms with Gasteiger partial charge in [0.25, 0.3) is 6.43 Å². The Balaban J connectivity index is 1.79. The first-order valence-corrected chi connectivity index (χ1v) is 5.41. The lowest BCUT2D eigenvalue weighted by molar-refractivity contribution is -0.123. The Morgan fingerprint density at radius 3 is 2.73 bits per heavy atom. The standard InChI is InChI=1S/C10H16F2N2O/c11-8(12)6-14-9(15)7-5-10(7)1-3-13-4-2-10/h7-8,13H,1-6H2,(H,14,15). The molecule has 1 heterocycles. The molecule has 2 N–H and O–H groups in total. The summed E-state index contributed by atoms with van der Waals surface area (Å²) in [5.74, 6) is -0.199. The van der Waals surface area contributed by atoms with E-state index in [1.165, 1.54) is 0 Å². The second-order valence-electron chi connectivity index (χ2n) is 4.51. The van der Waals surface area contributed by atoms with Crippen molar-refractivity contribution in [1.29, 1.82) is 0 Å². The van der Waals surface area contributed by atoms with Gasteiger partial charge in [0.1, 0.15) is 0 Å². The molecule has 0 aromatic carbocycles. The van der Waals surface area contributed by atoms with E-state index in [2.05, 4.69) is 10.6 Å². The maximum atomic E-state index is 11.9.